The number of carbonyl (C=O) groups excluding carboxylic acids is 4. The quantitative estimate of drug-likeness (QED) is 0.278. The SMILES string of the molecule is COc1cc(C=C[C@H]2C3=CC[C@@H]4C(=O)N(c5cccc(C(=O)O)c5)C(=O)[C@@H]4[C@@H]3CC3=C2C(=O)C=C(Br)C3=O)ccc1O. The van der Waals surface area contributed by atoms with E-state index in [0.29, 0.717) is 16.7 Å². The predicted molar refractivity (Wildman–Crippen MR) is 155 cm³/mol. The number of aromatic carboxylic acids is 1. The molecule has 0 radical (unpaired) electrons. The third-order valence-corrected chi connectivity index (χ3v) is 9.00. The fourth-order valence-electron chi connectivity index (χ4n) is 6.52. The van der Waals surface area contributed by atoms with E-state index in [1.165, 1.54) is 43.5 Å². The summed E-state index contributed by atoms with van der Waals surface area (Å²) in [7, 11) is 1.44. The van der Waals surface area contributed by atoms with E-state index in [9.17, 15) is 34.2 Å². The number of amides is 2. The summed E-state index contributed by atoms with van der Waals surface area (Å²) < 4.78 is 5.34. The summed E-state index contributed by atoms with van der Waals surface area (Å²) in [6.07, 6.45) is 7.11. The Hall–Kier alpha value is -4.57. The molecule has 1 aliphatic heterocycles. The number of methoxy groups -OCH3 is 1. The molecule has 2 amide bonds. The van der Waals surface area contributed by atoms with Gasteiger partial charge in [0.05, 0.1) is 34.7 Å². The van der Waals surface area contributed by atoms with Crippen molar-refractivity contribution in [3.05, 3.63) is 93.0 Å². The molecule has 4 aliphatic rings. The number of hydrogen-bond acceptors (Lipinski definition) is 7. The maximum Gasteiger partial charge on any atom is 0.335 e. The number of anilines is 1. The number of allylic oxidation sites excluding steroid dienone is 7. The van der Waals surface area contributed by atoms with Gasteiger partial charge in [-0.05, 0) is 70.6 Å². The Morgan fingerprint density at radius 2 is 1.86 bits per heavy atom. The highest BCUT2D eigenvalue weighted by Gasteiger charge is 2.56. The van der Waals surface area contributed by atoms with E-state index >= 15 is 0 Å². The molecule has 0 spiro atoms. The molecule has 0 bridgehead atoms. The molecule has 2 aromatic rings. The zero-order valence-corrected chi connectivity index (χ0v) is 23.8. The lowest BCUT2D eigenvalue weighted by molar-refractivity contribution is -0.123. The minimum absolute atomic E-state index is 0.0238. The highest BCUT2D eigenvalue weighted by Crippen LogP contribution is 2.53. The van der Waals surface area contributed by atoms with Gasteiger partial charge in [0.15, 0.2) is 23.1 Å². The lowest BCUT2D eigenvalue weighted by atomic mass is 9.61. The van der Waals surface area contributed by atoms with Crippen molar-refractivity contribution < 1.29 is 38.9 Å². The van der Waals surface area contributed by atoms with Crippen LogP contribution in [0.25, 0.3) is 6.08 Å². The lowest BCUT2D eigenvalue weighted by Gasteiger charge is -2.41. The van der Waals surface area contributed by atoms with Gasteiger partial charge in [-0.2, -0.15) is 0 Å². The Bertz CT molecular complexity index is 1730. The highest BCUT2D eigenvalue weighted by molar-refractivity contribution is 9.12. The number of ether oxygens (including phenoxy) is 1. The Labute approximate surface area is 248 Å². The van der Waals surface area contributed by atoms with E-state index in [2.05, 4.69) is 15.9 Å². The first-order valence-corrected chi connectivity index (χ1v) is 14.1. The van der Waals surface area contributed by atoms with Crippen LogP contribution < -0.4 is 9.64 Å². The van der Waals surface area contributed by atoms with Gasteiger partial charge >= 0.3 is 5.97 Å². The van der Waals surface area contributed by atoms with Crippen molar-refractivity contribution in [1.29, 1.82) is 0 Å². The van der Waals surface area contributed by atoms with E-state index in [-0.39, 0.29) is 51.6 Å². The van der Waals surface area contributed by atoms with E-state index in [1.807, 2.05) is 6.08 Å². The summed E-state index contributed by atoms with van der Waals surface area (Å²) in [5.74, 6) is -5.05. The predicted octanol–water partition coefficient (Wildman–Crippen LogP) is 4.61. The molecule has 10 heteroatoms. The summed E-state index contributed by atoms with van der Waals surface area (Å²) in [6, 6.07) is 10.5. The molecule has 212 valence electrons. The molecular formula is C32H24BrNO8. The molecule has 6 rings (SSSR count). The second-order valence-electron chi connectivity index (χ2n) is 10.6. The Balaban J connectivity index is 1.42. The highest BCUT2D eigenvalue weighted by atomic mass is 79.9. The number of carboxylic acids is 1. The van der Waals surface area contributed by atoms with Crippen LogP contribution in [0.3, 0.4) is 0 Å². The van der Waals surface area contributed by atoms with Crippen molar-refractivity contribution in [3.63, 3.8) is 0 Å². The fraction of sp³-hybridized carbons (Fsp3) is 0.219. The van der Waals surface area contributed by atoms with Crippen molar-refractivity contribution in [2.24, 2.45) is 23.7 Å². The van der Waals surface area contributed by atoms with Gasteiger partial charge in [-0.1, -0.05) is 35.9 Å². The van der Waals surface area contributed by atoms with Gasteiger partial charge in [-0.25, -0.2) is 4.79 Å². The van der Waals surface area contributed by atoms with Gasteiger partial charge in [0.2, 0.25) is 11.8 Å². The molecule has 9 nitrogen and oxygen atoms in total. The van der Waals surface area contributed by atoms with E-state index in [1.54, 1.807) is 24.3 Å². The normalized spacial score (nSPS) is 25.2. The smallest absolute Gasteiger partial charge is 0.335 e. The number of carbonyl (C=O) groups is 5. The zero-order valence-electron chi connectivity index (χ0n) is 22.2. The number of rotatable bonds is 5. The minimum atomic E-state index is -1.18. The number of phenolic OH excluding ortho intramolecular Hbond substituents is 1. The van der Waals surface area contributed by atoms with Crippen LogP contribution in [-0.4, -0.2) is 46.7 Å². The van der Waals surface area contributed by atoms with Crippen LogP contribution in [0.2, 0.25) is 0 Å². The maximum atomic E-state index is 13.9. The average Bonchev–Trinajstić information content (AvgIpc) is 3.24. The topological polar surface area (TPSA) is 138 Å². The molecule has 2 N–H and O–H groups in total. The molecule has 4 atom stereocenters. The Kier molecular flexibility index (Phi) is 6.81. The van der Waals surface area contributed by atoms with Crippen molar-refractivity contribution in [1.82, 2.24) is 0 Å². The number of aromatic hydroxyl groups is 1. The van der Waals surface area contributed by atoms with Crippen LogP contribution >= 0.6 is 15.9 Å². The summed E-state index contributed by atoms with van der Waals surface area (Å²) >= 11 is 3.21. The number of imide groups is 1. The number of carboxylic acid groups (broad SMARTS) is 1. The first-order valence-electron chi connectivity index (χ1n) is 13.3. The second-order valence-corrected chi connectivity index (χ2v) is 11.5. The van der Waals surface area contributed by atoms with Crippen LogP contribution in [0.4, 0.5) is 5.69 Å². The van der Waals surface area contributed by atoms with Gasteiger partial charge in [-0.3, -0.25) is 24.1 Å². The number of phenols is 1. The first-order chi connectivity index (χ1) is 20.1. The monoisotopic (exact) mass is 629 g/mol. The van der Waals surface area contributed by atoms with Crippen LogP contribution in [0.1, 0.15) is 28.8 Å². The molecule has 3 aliphatic carbocycles. The molecule has 0 saturated carbocycles. The molecular weight excluding hydrogens is 606 g/mol. The number of benzene rings is 2. The number of ketones is 2. The lowest BCUT2D eigenvalue weighted by Crippen LogP contribution is -2.40. The molecule has 1 fully saturated rings. The third-order valence-electron chi connectivity index (χ3n) is 8.42. The number of nitrogens with zero attached hydrogens (tertiary/aromatic N) is 1. The number of fused-ring (bicyclic) bond motifs is 3. The molecule has 0 aromatic heterocycles. The van der Waals surface area contributed by atoms with E-state index < -0.39 is 41.5 Å². The number of halogens is 1. The van der Waals surface area contributed by atoms with Crippen LogP contribution in [-0.2, 0) is 19.2 Å². The number of hydrogen-bond donors (Lipinski definition) is 2. The number of Topliss-reactive ketones (excluding diaryl/α,β-unsaturated/α-hetero) is 1. The summed E-state index contributed by atoms with van der Waals surface area (Å²) in [5.41, 5.74) is 2.26. The Morgan fingerprint density at radius 3 is 2.60 bits per heavy atom. The second kappa shape index (κ2) is 10.4. The van der Waals surface area contributed by atoms with Crippen LogP contribution in [0.15, 0.2) is 81.9 Å². The van der Waals surface area contributed by atoms with Crippen molar-refractivity contribution in [3.8, 4) is 11.5 Å². The van der Waals surface area contributed by atoms with Crippen molar-refractivity contribution in [2.45, 2.75) is 12.8 Å². The van der Waals surface area contributed by atoms with Crippen LogP contribution in [0, 0.1) is 23.7 Å². The van der Waals surface area contributed by atoms with Crippen molar-refractivity contribution in [2.75, 3.05) is 12.0 Å². The van der Waals surface area contributed by atoms with Gasteiger partial charge < -0.3 is 14.9 Å². The maximum absolute atomic E-state index is 13.9. The molecule has 2 aromatic carbocycles. The summed E-state index contributed by atoms with van der Waals surface area (Å²) in [5, 5.41) is 19.4. The van der Waals surface area contributed by atoms with E-state index in [4.69, 9.17) is 4.74 Å². The largest absolute Gasteiger partial charge is 0.504 e. The molecule has 0 unspecified atom stereocenters. The summed E-state index contributed by atoms with van der Waals surface area (Å²) in [4.78, 5) is 66.7. The minimum Gasteiger partial charge on any atom is -0.504 e. The fourth-order valence-corrected chi connectivity index (χ4v) is 6.97. The molecule has 1 saturated heterocycles. The molecule has 42 heavy (non-hydrogen) atoms. The standard InChI is InChI=1S/C32H24BrNO8/c1-42-26-11-15(6-10-24(26)35)5-7-19-18-8-9-20-28(21(18)13-22-27(19)25(36)14-23(33)29(22)37)31(39)34(30(20)38)17-4-2-3-16(12-17)32(40)41/h2-8,10-12,14,19-21,28,35H,9,13H2,1H3,(H,40,41)/t19-,20-,21+,28-/m0/s1. The van der Waals surface area contributed by atoms with Crippen molar-refractivity contribution >= 4 is 57.0 Å². The van der Waals surface area contributed by atoms with E-state index in [0.717, 1.165) is 10.5 Å². The first kappa shape index (κ1) is 27.6. The third kappa shape index (κ3) is 4.34. The van der Waals surface area contributed by atoms with Gasteiger partial charge in [0.1, 0.15) is 0 Å². The molecule has 1 heterocycles. The van der Waals surface area contributed by atoms with Gasteiger partial charge in [0.25, 0.3) is 0 Å². The summed E-state index contributed by atoms with van der Waals surface area (Å²) in [6.45, 7) is 0. The zero-order chi connectivity index (χ0) is 29.9. The van der Waals surface area contributed by atoms with Gasteiger partial charge in [-0.15, -0.1) is 0 Å². The van der Waals surface area contributed by atoms with Gasteiger partial charge in [0, 0.05) is 23.1 Å². The average molecular weight is 630 g/mol. The van der Waals surface area contributed by atoms with Crippen LogP contribution in [0.5, 0.6) is 11.5 Å². The Morgan fingerprint density at radius 1 is 1.07 bits per heavy atom.